The van der Waals surface area contributed by atoms with Gasteiger partial charge in [0.05, 0.1) is 18.4 Å². The smallest absolute Gasteiger partial charge is 0.416 e. The van der Waals surface area contributed by atoms with Crippen LogP contribution in [0.5, 0.6) is 5.75 Å². The Hall–Kier alpha value is -2.24. The standard InChI is InChI=1S/C14H13F3N2O/c1-18-13-8-10(14(15,16)17)7-12(19-13)9-3-5-11(20-2)6-4-9/h3-8H,1-2H3,(H,18,19). The molecule has 0 atom stereocenters. The number of methoxy groups -OCH3 is 1. The minimum atomic E-state index is -4.41. The van der Waals surface area contributed by atoms with Crippen molar-refractivity contribution in [3.05, 3.63) is 42.0 Å². The highest BCUT2D eigenvalue weighted by Gasteiger charge is 2.31. The maximum absolute atomic E-state index is 12.8. The average Bonchev–Trinajstić information content (AvgIpc) is 2.46. The molecular formula is C14H13F3N2O. The van der Waals surface area contributed by atoms with Gasteiger partial charge >= 0.3 is 6.18 Å². The SMILES string of the molecule is CNc1cc(C(F)(F)F)cc(-c2ccc(OC)cc2)n1. The molecule has 106 valence electrons. The molecule has 20 heavy (non-hydrogen) atoms. The lowest BCUT2D eigenvalue weighted by Crippen LogP contribution is -2.07. The van der Waals surface area contributed by atoms with Crippen molar-refractivity contribution in [1.82, 2.24) is 4.98 Å². The number of nitrogens with zero attached hydrogens (tertiary/aromatic N) is 1. The van der Waals surface area contributed by atoms with E-state index in [0.29, 0.717) is 11.3 Å². The lowest BCUT2D eigenvalue weighted by atomic mass is 10.1. The lowest BCUT2D eigenvalue weighted by Gasteiger charge is -2.11. The van der Waals surface area contributed by atoms with Gasteiger partial charge in [0, 0.05) is 12.6 Å². The number of alkyl halides is 3. The molecule has 0 fully saturated rings. The Kier molecular flexibility index (Phi) is 3.83. The highest BCUT2D eigenvalue weighted by molar-refractivity contribution is 5.63. The van der Waals surface area contributed by atoms with E-state index in [1.165, 1.54) is 14.2 Å². The number of rotatable bonds is 3. The normalized spacial score (nSPS) is 11.2. The molecule has 1 aromatic heterocycles. The Bertz CT molecular complexity index is 594. The summed E-state index contributed by atoms with van der Waals surface area (Å²) in [7, 11) is 3.05. The maximum atomic E-state index is 12.8. The minimum Gasteiger partial charge on any atom is -0.497 e. The van der Waals surface area contributed by atoms with Crippen molar-refractivity contribution in [1.29, 1.82) is 0 Å². The van der Waals surface area contributed by atoms with Crippen LogP contribution in [0.3, 0.4) is 0 Å². The van der Waals surface area contributed by atoms with Crippen molar-refractivity contribution in [2.75, 3.05) is 19.5 Å². The van der Waals surface area contributed by atoms with Gasteiger partial charge in [-0.2, -0.15) is 13.2 Å². The maximum Gasteiger partial charge on any atom is 0.416 e. The fraction of sp³-hybridized carbons (Fsp3) is 0.214. The van der Waals surface area contributed by atoms with E-state index < -0.39 is 11.7 Å². The van der Waals surface area contributed by atoms with E-state index in [0.717, 1.165) is 12.1 Å². The second kappa shape index (κ2) is 5.40. The molecule has 0 spiro atoms. The predicted octanol–water partition coefficient (Wildman–Crippen LogP) is 3.82. The second-order valence-corrected chi connectivity index (χ2v) is 4.10. The minimum absolute atomic E-state index is 0.172. The molecule has 2 aromatic rings. The van der Waals surface area contributed by atoms with Crippen molar-refractivity contribution in [2.24, 2.45) is 0 Å². The zero-order chi connectivity index (χ0) is 14.8. The number of anilines is 1. The second-order valence-electron chi connectivity index (χ2n) is 4.10. The lowest BCUT2D eigenvalue weighted by molar-refractivity contribution is -0.137. The molecule has 0 saturated heterocycles. The first-order valence-electron chi connectivity index (χ1n) is 5.85. The van der Waals surface area contributed by atoms with Crippen molar-refractivity contribution >= 4 is 5.82 Å². The van der Waals surface area contributed by atoms with Gasteiger partial charge in [-0.3, -0.25) is 0 Å². The number of benzene rings is 1. The van der Waals surface area contributed by atoms with E-state index in [2.05, 4.69) is 10.3 Å². The van der Waals surface area contributed by atoms with Gasteiger partial charge in [-0.15, -0.1) is 0 Å². The Morgan fingerprint density at radius 3 is 2.25 bits per heavy atom. The molecule has 6 heteroatoms. The van der Waals surface area contributed by atoms with Crippen LogP contribution in [0.15, 0.2) is 36.4 Å². The first-order chi connectivity index (χ1) is 9.44. The molecule has 0 radical (unpaired) electrons. The fourth-order valence-electron chi connectivity index (χ4n) is 1.73. The third-order valence-electron chi connectivity index (χ3n) is 2.79. The quantitative estimate of drug-likeness (QED) is 0.929. The molecular weight excluding hydrogens is 269 g/mol. The number of nitrogens with one attached hydrogen (secondary N) is 1. The first-order valence-corrected chi connectivity index (χ1v) is 5.85. The molecule has 3 nitrogen and oxygen atoms in total. The number of halogens is 3. The zero-order valence-electron chi connectivity index (χ0n) is 11.0. The number of ether oxygens (including phenoxy) is 1. The Labute approximate surface area is 114 Å². The summed E-state index contributed by atoms with van der Waals surface area (Å²) in [5, 5.41) is 2.64. The van der Waals surface area contributed by atoms with E-state index >= 15 is 0 Å². The summed E-state index contributed by atoms with van der Waals surface area (Å²) in [6.07, 6.45) is -4.41. The Balaban J connectivity index is 2.49. The number of pyridine rings is 1. The number of hydrogen-bond donors (Lipinski definition) is 1. The van der Waals surface area contributed by atoms with Crippen LogP contribution in [0.1, 0.15) is 5.56 Å². The van der Waals surface area contributed by atoms with Crippen LogP contribution < -0.4 is 10.1 Å². The Morgan fingerprint density at radius 2 is 1.75 bits per heavy atom. The van der Waals surface area contributed by atoms with E-state index in [-0.39, 0.29) is 11.5 Å². The van der Waals surface area contributed by atoms with Crippen LogP contribution in [0.4, 0.5) is 19.0 Å². The van der Waals surface area contributed by atoms with Crippen molar-refractivity contribution in [3.8, 4) is 17.0 Å². The number of hydrogen-bond acceptors (Lipinski definition) is 3. The summed E-state index contributed by atoms with van der Waals surface area (Å²) in [6, 6.07) is 8.70. The van der Waals surface area contributed by atoms with Crippen LogP contribution in [0, 0.1) is 0 Å². The molecule has 0 saturated carbocycles. The van der Waals surface area contributed by atoms with Crippen LogP contribution in [0.2, 0.25) is 0 Å². The highest BCUT2D eigenvalue weighted by atomic mass is 19.4. The van der Waals surface area contributed by atoms with Crippen LogP contribution in [0.25, 0.3) is 11.3 Å². The molecule has 0 aliphatic carbocycles. The summed E-state index contributed by atoms with van der Waals surface area (Å²) in [5.74, 6) is 0.806. The molecule has 1 aromatic carbocycles. The van der Waals surface area contributed by atoms with Gasteiger partial charge in [0.2, 0.25) is 0 Å². The zero-order valence-corrected chi connectivity index (χ0v) is 11.0. The van der Waals surface area contributed by atoms with Crippen LogP contribution in [-0.4, -0.2) is 19.1 Å². The third-order valence-corrected chi connectivity index (χ3v) is 2.79. The topological polar surface area (TPSA) is 34.1 Å². The van der Waals surface area contributed by atoms with Crippen LogP contribution >= 0.6 is 0 Å². The Morgan fingerprint density at radius 1 is 1.10 bits per heavy atom. The molecule has 1 N–H and O–H groups in total. The van der Waals surface area contributed by atoms with Crippen LogP contribution in [-0.2, 0) is 6.18 Å². The van der Waals surface area contributed by atoms with Gasteiger partial charge in [-0.1, -0.05) is 0 Å². The molecule has 2 rings (SSSR count). The summed E-state index contributed by atoms with van der Waals surface area (Å²) in [4.78, 5) is 4.14. The van der Waals surface area contributed by atoms with Gasteiger partial charge in [-0.05, 0) is 36.4 Å². The fourth-order valence-corrected chi connectivity index (χ4v) is 1.73. The van der Waals surface area contributed by atoms with Gasteiger partial charge in [0.15, 0.2) is 0 Å². The summed E-state index contributed by atoms with van der Waals surface area (Å²) < 4.78 is 43.5. The third kappa shape index (κ3) is 3.01. The van der Waals surface area contributed by atoms with Crippen molar-refractivity contribution in [3.63, 3.8) is 0 Å². The average molecular weight is 282 g/mol. The summed E-state index contributed by atoms with van der Waals surface area (Å²) in [6.45, 7) is 0. The molecule has 0 aliphatic heterocycles. The van der Waals surface area contributed by atoms with E-state index in [1.807, 2.05) is 0 Å². The van der Waals surface area contributed by atoms with E-state index in [1.54, 1.807) is 24.3 Å². The van der Waals surface area contributed by atoms with Crippen molar-refractivity contribution in [2.45, 2.75) is 6.18 Å². The van der Waals surface area contributed by atoms with Gasteiger partial charge < -0.3 is 10.1 Å². The number of aromatic nitrogens is 1. The summed E-state index contributed by atoms with van der Waals surface area (Å²) >= 11 is 0. The molecule has 0 bridgehead atoms. The van der Waals surface area contributed by atoms with Crippen molar-refractivity contribution < 1.29 is 17.9 Å². The van der Waals surface area contributed by atoms with Gasteiger partial charge in [-0.25, -0.2) is 4.98 Å². The molecule has 0 aliphatic rings. The van der Waals surface area contributed by atoms with E-state index in [4.69, 9.17) is 4.74 Å². The molecule has 1 heterocycles. The highest BCUT2D eigenvalue weighted by Crippen LogP contribution is 2.33. The molecule has 0 unspecified atom stereocenters. The first kappa shape index (κ1) is 14.2. The molecule has 0 amide bonds. The monoisotopic (exact) mass is 282 g/mol. The van der Waals surface area contributed by atoms with E-state index in [9.17, 15) is 13.2 Å². The largest absolute Gasteiger partial charge is 0.497 e. The van der Waals surface area contributed by atoms with Gasteiger partial charge in [0.25, 0.3) is 0 Å². The summed E-state index contributed by atoms with van der Waals surface area (Å²) in [5.41, 5.74) is 0.114. The van der Waals surface area contributed by atoms with Gasteiger partial charge in [0.1, 0.15) is 11.6 Å². The predicted molar refractivity (Wildman–Crippen MR) is 70.8 cm³/mol.